The molecule has 3 rings (SSSR count). The summed E-state index contributed by atoms with van der Waals surface area (Å²) in [7, 11) is 1.65. The van der Waals surface area contributed by atoms with Crippen molar-refractivity contribution in [2.24, 2.45) is 0 Å². The number of aromatic nitrogens is 1. The molecule has 0 saturated carbocycles. The molecule has 0 atom stereocenters. The van der Waals surface area contributed by atoms with E-state index >= 15 is 0 Å². The Bertz CT molecular complexity index is 623. The number of pyridine rings is 1. The van der Waals surface area contributed by atoms with E-state index in [0.29, 0.717) is 13.2 Å². The van der Waals surface area contributed by atoms with Crippen LogP contribution in [0.2, 0.25) is 0 Å². The number of nitrogen functional groups attached to an aromatic ring is 1. The summed E-state index contributed by atoms with van der Waals surface area (Å²) in [6.07, 6.45) is 0.826. The Morgan fingerprint density at radius 3 is 3.00 bits per heavy atom. The van der Waals surface area contributed by atoms with Gasteiger partial charge in [-0.1, -0.05) is 6.07 Å². The Morgan fingerprint density at radius 2 is 2.22 bits per heavy atom. The van der Waals surface area contributed by atoms with Gasteiger partial charge in [-0.3, -0.25) is 4.98 Å². The number of fused-ring (bicyclic) bond motifs is 2. The van der Waals surface area contributed by atoms with Crippen molar-refractivity contribution >= 4 is 16.6 Å². The number of hydrogen-bond acceptors (Lipinski definition) is 4. The van der Waals surface area contributed by atoms with Gasteiger partial charge in [0.1, 0.15) is 5.75 Å². The van der Waals surface area contributed by atoms with Crippen LogP contribution in [0.5, 0.6) is 5.75 Å². The molecule has 2 heterocycles. The van der Waals surface area contributed by atoms with Gasteiger partial charge in [0.05, 0.1) is 42.6 Å². The zero-order valence-corrected chi connectivity index (χ0v) is 10.6. The van der Waals surface area contributed by atoms with Crippen LogP contribution >= 0.6 is 0 Å². The van der Waals surface area contributed by atoms with E-state index in [1.165, 1.54) is 0 Å². The summed E-state index contributed by atoms with van der Waals surface area (Å²) in [5, 5.41) is 0.904. The molecule has 0 bridgehead atoms. The molecule has 2 N–H and O–H groups in total. The Morgan fingerprint density at radius 1 is 1.39 bits per heavy atom. The Labute approximate surface area is 106 Å². The lowest BCUT2D eigenvalue weighted by atomic mass is 10.0. The predicted octanol–water partition coefficient (Wildman–Crippen LogP) is 2.21. The number of aryl methyl sites for hydroxylation is 1. The normalized spacial score (nSPS) is 14.6. The summed E-state index contributed by atoms with van der Waals surface area (Å²) in [5.41, 5.74) is 11.2. The number of nitrogens with zero attached hydrogens (tertiary/aromatic N) is 1. The highest BCUT2D eigenvalue weighted by atomic mass is 16.5. The lowest BCUT2D eigenvalue weighted by molar-refractivity contribution is 0.110. The first-order chi connectivity index (χ1) is 8.72. The molecule has 0 saturated heterocycles. The molecular formula is C14H16N2O2. The summed E-state index contributed by atoms with van der Waals surface area (Å²) < 4.78 is 10.9. The summed E-state index contributed by atoms with van der Waals surface area (Å²) >= 11 is 0. The lowest BCUT2D eigenvalue weighted by Gasteiger charge is -2.20. The predicted molar refractivity (Wildman–Crippen MR) is 70.8 cm³/mol. The molecule has 0 aliphatic carbocycles. The second kappa shape index (κ2) is 4.14. The van der Waals surface area contributed by atoms with E-state index < -0.39 is 0 Å². The molecule has 18 heavy (non-hydrogen) atoms. The van der Waals surface area contributed by atoms with Crippen LogP contribution in [-0.4, -0.2) is 18.7 Å². The monoisotopic (exact) mass is 244 g/mol. The van der Waals surface area contributed by atoms with Crippen molar-refractivity contribution in [3.05, 3.63) is 29.0 Å². The van der Waals surface area contributed by atoms with Gasteiger partial charge in [0, 0.05) is 12.0 Å². The van der Waals surface area contributed by atoms with E-state index in [-0.39, 0.29) is 0 Å². The van der Waals surface area contributed by atoms with Crippen LogP contribution in [0, 0.1) is 6.92 Å². The highest BCUT2D eigenvalue weighted by Gasteiger charge is 2.19. The first kappa shape index (κ1) is 11.3. The van der Waals surface area contributed by atoms with Gasteiger partial charge in [0.15, 0.2) is 0 Å². The molecule has 94 valence electrons. The van der Waals surface area contributed by atoms with E-state index in [1.54, 1.807) is 7.11 Å². The van der Waals surface area contributed by atoms with Crippen molar-refractivity contribution in [3.63, 3.8) is 0 Å². The number of anilines is 1. The van der Waals surface area contributed by atoms with Crippen molar-refractivity contribution in [1.29, 1.82) is 0 Å². The van der Waals surface area contributed by atoms with E-state index in [4.69, 9.17) is 20.2 Å². The van der Waals surface area contributed by atoms with Gasteiger partial charge in [0.25, 0.3) is 0 Å². The van der Waals surface area contributed by atoms with Crippen LogP contribution in [0.4, 0.5) is 5.69 Å². The molecule has 0 amide bonds. The Balaban J connectivity index is 2.41. The Kier molecular flexibility index (Phi) is 2.59. The van der Waals surface area contributed by atoms with Crippen molar-refractivity contribution in [2.75, 3.05) is 19.5 Å². The largest absolute Gasteiger partial charge is 0.496 e. The van der Waals surface area contributed by atoms with E-state index in [1.807, 2.05) is 19.1 Å². The van der Waals surface area contributed by atoms with Crippen LogP contribution in [0.1, 0.15) is 16.8 Å². The summed E-state index contributed by atoms with van der Waals surface area (Å²) in [6, 6.07) is 3.95. The van der Waals surface area contributed by atoms with E-state index in [2.05, 4.69) is 0 Å². The number of benzene rings is 1. The van der Waals surface area contributed by atoms with Gasteiger partial charge in [-0.05, 0) is 18.6 Å². The van der Waals surface area contributed by atoms with Crippen LogP contribution in [0.25, 0.3) is 10.9 Å². The Hall–Kier alpha value is -1.81. The standard InChI is InChI=1S/C14H16N2O2/c1-8-3-4-11(17-2)12-13(15)9-7-18-6-5-10(9)16-14(8)12/h3-4H,5-7H2,1-2H3,(H2,15,16). The molecule has 1 aromatic heterocycles. The first-order valence-electron chi connectivity index (χ1n) is 6.04. The van der Waals surface area contributed by atoms with Crippen molar-refractivity contribution in [2.45, 2.75) is 20.0 Å². The summed E-state index contributed by atoms with van der Waals surface area (Å²) in [4.78, 5) is 4.74. The molecule has 1 aliphatic heterocycles. The van der Waals surface area contributed by atoms with Crippen LogP contribution in [-0.2, 0) is 17.8 Å². The van der Waals surface area contributed by atoms with E-state index in [0.717, 1.165) is 45.6 Å². The van der Waals surface area contributed by atoms with Gasteiger partial charge < -0.3 is 15.2 Å². The highest BCUT2D eigenvalue weighted by Crippen LogP contribution is 2.36. The molecule has 0 radical (unpaired) electrons. The molecule has 4 heteroatoms. The van der Waals surface area contributed by atoms with Crippen molar-refractivity contribution in [3.8, 4) is 5.75 Å². The van der Waals surface area contributed by atoms with Crippen molar-refractivity contribution in [1.82, 2.24) is 4.98 Å². The van der Waals surface area contributed by atoms with Gasteiger partial charge in [-0.15, -0.1) is 0 Å². The fourth-order valence-electron chi connectivity index (χ4n) is 2.47. The molecule has 0 fully saturated rings. The first-order valence-corrected chi connectivity index (χ1v) is 6.04. The quantitative estimate of drug-likeness (QED) is 0.835. The number of ether oxygens (including phenoxy) is 2. The molecule has 0 unspecified atom stereocenters. The van der Waals surface area contributed by atoms with Crippen LogP contribution in [0.15, 0.2) is 12.1 Å². The lowest BCUT2D eigenvalue weighted by Crippen LogP contribution is -2.15. The van der Waals surface area contributed by atoms with Gasteiger partial charge in [-0.25, -0.2) is 0 Å². The molecule has 0 spiro atoms. The fourth-order valence-corrected chi connectivity index (χ4v) is 2.47. The summed E-state index contributed by atoms with van der Waals surface area (Å²) in [5.74, 6) is 0.772. The van der Waals surface area contributed by atoms with E-state index in [9.17, 15) is 0 Å². The molecule has 2 aromatic rings. The van der Waals surface area contributed by atoms with Gasteiger partial charge in [-0.2, -0.15) is 0 Å². The minimum Gasteiger partial charge on any atom is -0.496 e. The average molecular weight is 244 g/mol. The maximum absolute atomic E-state index is 6.29. The maximum Gasteiger partial charge on any atom is 0.130 e. The summed E-state index contributed by atoms with van der Waals surface area (Å²) in [6.45, 7) is 3.30. The van der Waals surface area contributed by atoms with Gasteiger partial charge >= 0.3 is 0 Å². The highest BCUT2D eigenvalue weighted by molar-refractivity contribution is 5.98. The minimum absolute atomic E-state index is 0.543. The number of methoxy groups -OCH3 is 1. The topological polar surface area (TPSA) is 57.4 Å². The number of hydrogen-bond donors (Lipinski definition) is 1. The van der Waals surface area contributed by atoms with Crippen molar-refractivity contribution < 1.29 is 9.47 Å². The zero-order valence-electron chi connectivity index (χ0n) is 10.6. The average Bonchev–Trinajstić information content (AvgIpc) is 2.40. The fraction of sp³-hybridized carbons (Fsp3) is 0.357. The maximum atomic E-state index is 6.29. The zero-order chi connectivity index (χ0) is 12.7. The third kappa shape index (κ3) is 1.53. The number of nitrogens with two attached hydrogens (primary N) is 1. The molecule has 1 aliphatic rings. The third-order valence-electron chi connectivity index (χ3n) is 3.48. The third-order valence-corrected chi connectivity index (χ3v) is 3.48. The van der Waals surface area contributed by atoms with Crippen LogP contribution < -0.4 is 10.5 Å². The second-order valence-corrected chi connectivity index (χ2v) is 4.56. The van der Waals surface area contributed by atoms with Crippen LogP contribution in [0.3, 0.4) is 0 Å². The smallest absolute Gasteiger partial charge is 0.130 e. The minimum atomic E-state index is 0.543. The molecule has 4 nitrogen and oxygen atoms in total. The molecule has 1 aromatic carbocycles. The second-order valence-electron chi connectivity index (χ2n) is 4.56. The van der Waals surface area contributed by atoms with Gasteiger partial charge in [0.2, 0.25) is 0 Å². The SMILES string of the molecule is COc1ccc(C)c2nc3c(c(N)c12)COCC3. The molecular weight excluding hydrogens is 228 g/mol. The number of rotatable bonds is 1.